The van der Waals surface area contributed by atoms with Crippen LogP contribution in [0.25, 0.3) is 43.1 Å². The molecule has 4 atom stereocenters. The van der Waals surface area contributed by atoms with E-state index in [9.17, 15) is 19.2 Å². The average molecular weight is 653 g/mol. The van der Waals surface area contributed by atoms with Gasteiger partial charge in [-0.3, -0.25) is 0 Å². The minimum atomic E-state index is -0.534. The van der Waals surface area contributed by atoms with Crippen LogP contribution in [0.4, 0.5) is 0 Å². The summed E-state index contributed by atoms with van der Waals surface area (Å²) in [5, 5.41) is 5.21. The maximum atomic E-state index is 13.6. The molecular formula is C40H44O8. The Hall–Kier alpha value is -4.72. The zero-order valence-corrected chi connectivity index (χ0v) is 29.0. The summed E-state index contributed by atoms with van der Waals surface area (Å²) in [6.07, 6.45) is 1.24. The molecule has 0 N–H and O–H groups in total. The van der Waals surface area contributed by atoms with Gasteiger partial charge in [0.05, 0.1) is 46.7 Å². The van der Waals surface area contributed by atoms with Gasteiger partial charge >= 0.3 is 23.9 Å². The molecule has 0 amide bonds. The van der Waals surface area contributed by atoms with Crippen LogP contribution in [0, 0.1) is 0 Å². The summed E-state index contributed by atoms with van der Waals surface area (Å²) in [4.78, 5) is 54.5. The molecule has 5 rings (SSSR count). The highest BCUT2D eigenvalue weighted by molar-refractivity contribution is 6.38. The standard InChI is InChI=1S/C40H44O8/c1-9-21(5)45-37(41)29-17-13-25-27-15-19-31(39(43)47-23(7)11-3)36-32(40(44)48-24(8)12-4)20-16-28(34(27)36)26-14-18-30(35(29)33(25)26)38(42)46-22(6)10-2/h13-24H,9-12H2,1-8H3. The van der Waals surface area contributed by atoms with Crippen LogP contribution in [-0.2, 0) is 18.9 Å². The van der Waals surface area contributed by atoms with Crippen LogP contribution < -0.4 is 0 Å². The second-order valence-electron chi connectivity index (χ2n) is 12.6. The van der Waals surface area contributed by atoms with Crippen molar-refractivity contribution in [1.29, 1.82) is 0 Å². The number of esters is 4. The van der Waals surface area contributed by atoms with Gasteiger partial charge in [-0.25, -0.2) is 19.2 Å². The zero-order chi connectivity index (χ0) is 34.9. The van der Waals surface area contributed by atoms with Gasteiger partial charge in [-0.05, 0) is 110 Å². The van der Waals surface area contributed by atoms with Crippen molar-refractivity contribution in [2.24, 2.45) is 0 Å². The van der Waals surface area contributed by atoms with Gasteiger partial charge in [-0.1, -0.05) is 52.0 Å². The smallest absolute Gasteiger partial charge is 0.339 e. The number of rotatable bonds is 12. The fourth-order valence-corrected chi connectivity index (χ4v) is 5.89. The number of carbonyl (C=O) groups is 4. The predicted octanol–water partition coefficient (Wildman–Crippen LogP) is 9.56. The molecule has 0 spiro atoms. The molecule has 8 heteroatoms. The van der Waals surface area contributed by atoms with Gasteiger partial charge in [0, 0.05) is 10.8 Å². The molecule has 8 nitrogen and oxygen atoms in total. The van der Waals surface area contributed by atoms with E-state index in [2.05, 4.69) is 0 Å². The first-order valence-electron chi connectivity index (χ1n) is 17.0. The van der Waals surface area contributed by atoms with Gasteiger partial charge in [0.2, 0.25) is 0 Å². The van der Waals surface area contributed by atoms with Gasteiger partial charge in [-0.2, -0.15) is 0 Å². The van der Waals surface area contributed by atoms with Crippen LogP contribution in [0.1, 0.15) is 123 Å². The molecule has 0 fully saturated rings. The molecular weight excluding hydrogens is 608 g/mol. The molecule has 0 bridgehead atoms. The third-order valence-electron chi connectivity index (χ3n) is 9.31. The third-order valence-corrected chi connectivity index (χ3v) is 9.31. The Kier molecular flexibility index (Phi) is 10.2. The van der Waals surface area contributed by atoms with Crippen LogP contribution in [0.15, 0.2) is 48.5 Å². The quantitative estimate of drug-likeness (QED) is 0.0568. The van der Waals surface area contributed by atoms with Gasteiger partial charge < -0.3 is 18.9 Å². The number of ether oxygens (including phenoxy) is 4. The largest absolute Gasteiger partial charge is 0.459 e. The molecule has 0 heterocycles. The van der Waals surface area contributed by atoms with Crippen LogP contribution in [0.2, 0.25) is 0 Å². The monoisotopic (exact) mass is 652 g/mol. The minimum absolute atomic E-state index is 0.259. The summed E-state index contributed by atoms with van der Waals surface area (Å²) < 4.78 is 23.0. The molecule has 0 aliphatic carbocycles. The van der Waals surface area contributed by atoms with Crippen molar-refractivity contribution < 1.29 is 38.1 Å². The molecule has 4 unspecified atom stereocenters. The van der Waals surface area contributed by atoms with Gasteiger partial charge in [0.15, 0.2) is 0 Å². The number of hydrogen-bond acceptors (Lipinski definition) is 8. The molecule has 5 aromatic carbocycles. The Labute approximate surface area is 281 Å². The number of carbonyl (C=O) groups excluding carboxylic acids is 4. The fraction of sp³-hybridized carbons (Fsp3) is 0.400. The third kappa shape index (κ3) is 6.28. The maximum absolute atomic E-state index is 13.6. The maximum Gasteiger partial charge on any atom is 0.339 e. The van der Waals surface area contributed by atoms with Crippen molar-refractivity contribution in [1.82, 2.24) is 0 Å². The number of benzene rings is 5. The van der Waals surface area contributed by atoms with Crippen molar-refractivity contribution in [2.45, 2.75) is 105 Å². The Morgan fingerprint density at radius 2 is 0.604 bits per heavy atom. The molecule has 0 saturated carbocycles. The molecule has 48 heavy (non-hydrogen) atoms. The normalized spacial score (nSPS) is 14.2. The molecule has 0 saturated heterocycles. The lowest BCUT2D eigenvalue weighted by molar-refractivity contribution is 0.0319. The van der Waals surface area contributed by atoms with E-state index in [1.54, 1.807) is 24.3 Å². The first-order chi connectivity index (χ1) is 22.9. The van der Waals surface area contributed by atoms with E-state index in [1.807, 2.05) is 79.7 Å². The highest BCUT2D eigenvalue weighted by atomic mass is 16.6. The average Bonchev–Trinajstić information content (AvgIpc) is 3.08. The number of fused-ring (bicyclic) bond motifs is 2. The molecule has 0 aromatic heterocycles. The van der Waals surface area contributed by atoms with Crippen LogP contribution >= 0.6 is 0 Å². The van der Waals surface area contributed by atoms with Crippen molar-refractivity contribution in [3.8, 4) is 0 Å². The van der Waals surface area contributed by atoms with Crippen molar-refractivity contribution in [2.75, 3.05) is 0 Å². The van der Waals surface area contributed by atoms with Crippen molar-refractivity contribution >= 4 is 67.0 Å². The minimum Gasteiger partial charge on any atom is -0.459 e. The lowest BCUT2D eigenvalue weighted by Gasteiger charge is -2.21. The second-order valence-corrected chi connectivity index (χ2v) is 12.6. The van der Waals surface area contributed by atoms with Crippen LogP contribution in [-0.4, -0.2) is 48.3 Å². The first-order valence-corrected chi connectivity index (χ1v) is 17.0. The molecule has 252 valence electrons. The van der Waals surface area contributed by atoms with Crippen molar-refractivity contribution in [3.05, 3.63) is 70.8 Å². The second kappa shape index (κ2) is 14.2. The van der Waals surface area contributed by atoms with Gasteiger partial charge in [0.25, 0.3) is 0 Å². The van der Waals surface area contributed by atoms with Crippen molar-refractivity contribution in [3.63, 3.8) is 0 Å². The summed E-state index contributed by atoms with van der Waals surface area (Å²) in [7, 11) is 0. The fourth-order valence-electron chi connectivity index (χ4n) is 5.89. The lowest BCUT2D eigenvalue weighted by Crippen LogP contribution is -2.18. The van der Waals surface area contributed by atoms with E-state index in [0.29, 0.717) is 47.2 Å². The molecule has 5 aromatic rings. The van der Waals surface area contributed by atoms with E-state index in [0.717, 1.165) is 21.5 Å². The highest BCUT2D eigenvalue weighted by Crippen LogP contribution is 2.44. The van der Waals surface area contributed by atoms with E-state index in [-0.39, 0.29) is 46.7 Å². The zero-order valence-electron chi connectivity index (χ0n) is 29.0. The summed E-state index contributed by atoms with van der Waals surface area (Å²) >= 11 is 0. The molecule has 0 aliphatic heterocycles. The predicted molar refractivity (Wildman–Crippen MR) is 188 cm³/mol. The van der Waals surface area contributed by atoms with Gasteiger partial charge in [0.1, 0.15) is 0 Å². The first kappa shape index (κ1) is 34.6. The van der Waals surface area contributed by atoms with E-state index >= 15 is 0 Å². The Balaban J connectivity index is 1.91. The molecule has 0 radical (unpaired) electrons. The van der Waals surface area contributed by atoms with E-state index in [1.165, 1.54) is 0 Å². The summed E-state index contributed by atoms with van der Waals surface area (Å²) in [5.74, 6) is -2.14. The summed E-state index contributed by atoms with van der Waals surface area (Å²) in [6, 6.07) is 14.0. The van der Waals surface area contributed by atoms with Crippen LogP contribution in [0.5, 0.6) is 0 Å². The van der Waals surface area contributed by atoms with Crippen LogP contribution in [0.3, 0.4) is 0 Å². The molecule has 0 aliphatic rings. The number of hydrogen-bond donors (Lipinski definition) is 0. The Morgan fingerprint density at radius 3 is 0.792 bits per heavy atom. The van der Waals surface area contributed by atoms with Gasteiger partial charge in [-0.15, -0.1) is 0 Å². The summed E-state index contributed by atoms with van der Waals surface area (Å²) in [5.41, 5.74) is 1.03. The van der Waals surface area contributed by atoms with E-state index < -0.39 is 23.9 Å². The highest BCUT2D eigenvalue weighted by Gasteiger charge is 2.28. The SMILES string of the molecule is CCC(C)OC(=O)c1ccc2c3ccc(C(=O)OC(C)CC)c4c(C(=O)OC(C)CC)ccc(c5ccc(C(=O)OC(C)CC)c1c25)c43. The lowest BCUT2D eigenvalue weighted by atomic mass is 9.84. The Bertz CT molecular complexity index is 1740. The Morgan fingerprint density at radius 1 is 0.396 bits per heavy atom. The topological polar surface area (TPSA) is 105 Å². The summed E-state index contributed by atoms with van der Waals surface area (Å²) in [6.45, 7) is 15.0. The van der Waals surface area contributed by atoms with E-state index in [4.69, 9.17) is 18.9 Å².